The molecular formula is C10H15ClN6O2. The molecular weight excluding hydrogens is 272 g/mol. The minimum atomic E-state index is -0.377. The standard InChI is InChI=1S/C10H15ClN6O2/c1-2-12-10(18)16-8-13-7(11)14-9(15-8)17-3-5-19-6-4-17/h2-6H2,1H3,(H2,12,13,14,15,16,18). The lowest BCUT2D eigenvalue weighted by Gasteiger charge is -2.26. The SMILES string of the molecule is CCNC(=O)Nc1nc(Cl)nc(N2CCOCC2)n1. The molecule has 0 radical (unpaired) electrons. The molecule has 104 valence electrons. The van der Waals surface area contributed by atoms with Crippen molar-refractivity contribution < 1.29 is 9.53 Å². The molecule has 1 aliphatic heterocycles. The number of aromatic nitrogens is 3. The third kappa shape index (κ3) is 3.90. The first-order valence-corrected chi connectivity index (χ1v) is 6.36. The number of carbonyl (C=O) groups excluding carboxylic acids is 1. The van der Waals surface area contributed by atoms with Crippen LogP contribution < -0.4 is 15.5 Å². The molecule has 2 heterocycles. The number of hydrogen-bond donors (Lipinski definition) is 2. The third-order valence-corrected chi connectivity index (χ3v) is 2.62. The quantitative estimate of drug-likeness (QED) is 0.841. The van der Waals surface area contributed by atoms with Crippen LogP contribution in [0.3, 0.4) is 0 Å². The highest BCUT2D eigenvalue weighted by Crippen LogP contribution is 2.14. The predicted molar refractivity (Wildman–Crippen MR) is 70.6 cm³/mol. The molecule has 1 aromatic heterocycles. The summed E-state index contributed by atoms with van der Waals surface area (Å²) in [6, 6.07) is -0.377. The number of anilines is 2. The molecule has 0 unspecified atom stereocenters. The molecule has 2 N–H and O–H groups in total. The van der Waals surface area contributed by atoms with Gasteiger partial charge >= 0.3 is 6.03 Å². The zero-order valence-corrected chi connectivity index (χ0v) is 11.3. The summed E-state index contributed by atoms with van der Waals surface area (Å²) in [5.41, 5.74) is 0. The first kappa shape index (κ1) is 13.8. The molecule has 9 heteroatoms. The molecule has 0 saturated carbocycles. The van der Waals surface area contributed by atoms with Crippen molar-refractivity contribution in [2.45, 2.75) is 6.92 Å². The number of morpholine rings is 1. The highest BCUT2D eigenvalue weighted by molar-refractivity contribution is 6.28. The Bertz CT molecular complexity index is 452. The summed E-state index contributed by atoms with van der Waals surface area (Å²) in [6.45, 7) is 4.92. The van der Waals surface area contributed by atoms with Crippen LogP contribution in [-0.4, -0.2) is 53.8 Å². The average Bonchev–Trinajstić information content (AvgIpc) is 2.39. The van der Waals surface area contributed by atoms with Crippen LogP contribution in [0.5, 0.6) is 0 Å². The number of hydrogen-bond acceptors (Lipinski definition) is 6. The van der Waals surface area contributed by atoms with E-state index >= 15 is 0 Å². The monoisotopic (exact) mass is 286 g/mol. The summed E-state index contributed by atoms with van der Waals surface area (Å²) < 4.78 is 5.25. The zero-order chi connectivity index (χ0) is 13.7. The van der Waals surface area contributed by atoms with Gasteiger partial charge in [-0.2, -0.15) is 15.0 Å². The minimum Gasteiger partial charge on any atom is -0.378 e. The van der Waals surface area contributed by atoms with E-state index in [-0.39, 0.29) is 17.3 Å². The van der Waals surface area contributed by atoms with Gasteiger partial charge in [-0.15, -0.1) is 0 Å². The number of halogens is 1. The highest BCUT2D eigenvalue weighted by atomic mass is 35.5. The number of carbonyl (C=O) groups is 1. The second-order valence-corrected chi connectivity index (χ2v) is 4.15. The predicted octanol–water partition coefficient (Wildman–Crippen LogP) is 0.503. The van der Waals surface area contributed by atoms with Gasteiger partial charge in [-0.25, -0.2) is 4.79 Å². The van der Waals surface area contributed by atoms with Gasteiger partial charge in [0.1, 0.15) is 0 Å². The van der Waals surface area contributed by atoms with E-state index in [4.69, 9.17) is 16.3 Å². The van der Waals surface area contributed by atoms with Crippen molar-refractivity contribution >= 4 is 29.5 Å². The molecule has 8 nitrogen and oxygen atoms in total. The van der Waals surface area contributed by atoms with Crippen molar-refractivity contribution in [2.75, 3.05) is 43.1 Å². The van der Waals surface area contributed by atoms with Crippen molar-refractivity contribution in [3.63, 3.8) is 0 Å². The van der Waals surface area contributed by atoms with E-state index in [1.165, 1.54) is 0 Å². The van der Waals surface area contributed by atoms with Gasteiger partial charge in [0.25, 0.3) is 0 Å². The molecule has 0 spiro atoms. The summed E-state index contributed by atoms with van der Waals surface area (Å²) in [4.78, 5) is 25.4. The molecule has 1 aliphatic rings. The fraction of sp³-hybridized carbons (Fsp3) is 0.600. The fourth-order valence-electron chi connectivity index (χ4n) is 1.61. The van der Waals surface area contributed by atoms with E-state index in [0.717, 1.165) is 0 Å². The van der Waals surface area contributed by atoms with Gasteiger partial charge in [-0.1, -0.05) is 0 Å². The Hall–Kier alpha value is -1.67. The fourth-order valence-corrected chi connectivity index (χ4v) is 1.76. The van der Waals surface area contributed by atoms with Gasteiger partial charge < -0.3 is 15.0 Å². The summed E-state index contributed by atoms with van der Waals surface area (Å²) in [5, 5.41) is 5.14. The number of ether oxygens (including phenoxy) is 1. The Morgan fingerprint density at radius 2 is 2.11 bits per heavy atom. The molecule has 1 fully saturated rings. The second-order valence-electron chi connectivity index (χ2n) is 3.81. The van der Waals surface area contributed by atoms with E-state index in [2.05, 4.69) is 25.6 Å². The molecule has 0 bridgehead atoms. The maximum absolute atomic E-state index is 11.4. The normalized spacial score (nSPS) is 15.2. The Morgan fingerprint density at radius 1 is 1.37 bits per heavy atom. The lowest BCUT2D eigenvalue weighted by molar-refractivity contribution is 0.122. The molecule has 1 saturated heterocycles. The lowest BCUT2D eigenvalue weighted by Crippen LogP contribution is -2.37. The molecule has 0 aliphatic carbocycles. The molecule has 0 aromatic carbocycles. The van der Waals surface area contributed by atoms with Crippen molar-refractivity contribution in [1.82, 2.24) is 20.3 Å². The van der Waals surface area contributed by atoms with Crippen LogP contribution in [0.4, 0.5) is 16.7 Å². The Labute approximate surface area is 115 Å². The molecule has 2 rings (SSSR count). The van der Waals surface area contributed by atoms with Crippen LogP contribution in [0.1, 0.15) is 6.92 Å². The number of nitrogens with one attached hydrogen (secondary N) is 2. The maximum Gasteiger partial charge on any atom is 0.321 e. The van der Waals surface area contributed by atoms with E-state index in [1.54, 1.807) is 0 Å². The van der Waals surface area contributed by atoms with Gasteiger partial charge in [-0.05, 0) is 18.5 Å². The van der Waals surface area contributed by atoms with Gasteiger partial charge in [-0.3, -0.25) is 5.32 Å². The zero-order valence-electron chi connectivity index (χ0n) is 10.5. The number of urea groups is 1. The van der Waals surface area contributed by atoms with Crippen molar-refractivity contribution in [3.05, 3.63) is 5.28 Å². The highest BCUT2D eigenvalue weighted by Gasteiger charge is 2.16. The van der Waals surface area contributed by atoms with Gasteiger partial charge in [0, 0.05) is 19.6 Å². The maximum atomic E-state index is 11.4. The minimum absolute atomic E-state index is 0.0447. The molecule has 2 amide bonds. The van der Waals surface area contributed by atoms with Gasteiger partial charge in [0.2, 0.25) is 17.2 Å². The first-order chi connectivity index (χ1) is 9.19. The summed E-state index contributed by atoms with van der Waals surface area (Å²) in [6.07, 6.45) is 0. The van der Waals surface area contributed by atoms with E-state index in [9.17, 15) is 4.79 Å². The van der Waals surface area contributed by atoms with Crippen LogP contribution >= 0.6 is 11.6 Å². The molecule has 0 atom stereocenters. The van der Waals surface area contributed by atoms with Crippen LogP contribution in [-0.2, 0) is 4.74 Å². The Balaban J connectivity index is 2.11. The average molecular weight is 287 g/mol. The number of nitrogens with zero attached hydrogens (tertiary/aromatic N) is 4. The molecule has 1 aromatic rings. The number of amides is 2. The number of rotatable bonds is 3. The van der Waals surface area contributed by atoms with Gasteiger partial charge in [0.05, 0.1) is 13.2 Å². The van der Waals surface area contributed by atoms with Crippen molar-refractivity contribution in [2.24, 2.45) is 0 Å². The largest absolute Gasteiger partial charge is 0.378 e. The lowest BCUT2D eigenvalue weighted by atomic mass is 10.4. The van der Waals surface area contributed by atoms with E-state index in [0.29, 0.717) is 38.8 Å². The summed E-state index contributed by atoms with van der Waals surface area (Å²) >= 11 is 5.84. The Kier molecular flexibility index (Phi) is 4.69. The van der Waals surface area contributed by atoms with Gasteiger partial charge in [0.15, 0.2) is 0 Å². The third-order valence-electron chi connectivity index (χ3n) is 2.45. The topological polar surface area (TPSA) is 92.3 Å². The van der Waals surface area contributed by atoms with Crippen LogP contribution in [0.15, 0.2) is 0 Å². The first-order valence-electron chi connectivity index (χ1n) is 5.98. The Morgan fingerprint density at radius 3 is 2.79 bits per heavy atom. The molecule has 19 heavy (non-hydrogen) atoms. The summed E-state index contributed by atoms with van der Waals surface area (Å²) in [7, 11) is 0. The van der Waals surface area contributed by atoms with Crippen LogP contribution in [0.2, 0.25) is 5.28 Å². The van der Waals surface area contributed by atoms with Crippen LogP contribution in [0.25, 0.3) is 0 Å². The van der Waals surface area contributed by atoms with Crippen molar-refractivity contribution in [3.8, 4) is 0 Å². The smallest absolute Gasteiger partial charge is 0.321 e. The van der Waals surface area contributed by atoms with E-state index in [1.807, 2.05) is 11.8 Å². The van der Waals surface area contributed by atoms with Crippen LogP contribution in [0, 0.1) is 0 Å². The van der Waals surface area contributed by atoms with E-state index < -0.39 is 0 Å². The second kappa shape index (κ2) is 6.48. The summed E-state index contributed by atoms with van der Waals surface area (Å²) in [5.74, 6) is 0.572. The van der Waals surface area contributed by atoms with Crippen molar-refractivity contribution in [1.29, 1.82) is 0 Å².